The summed E-state index contributed by atoms with van der Waals surface area (Å²) in [5.74, 6) is -0.306. The Morgan fingerprint density at radius 2 is 1.94 bits per heavy atom. The summed E-state index contributed by atoms with van der Waals surface area (Å²) in [6, 6.07) is 7.90. The van der Waals surface area contributed by atoms with Gasteiger partial charge in [-0.3, -0.25) is 4.79 Å². The van der Waals surface area contributed by atoms with Gasteiger partial charge < -0.3 is 9.47 Å². The summed E-state index contributed by atoms with van der Waals surface area (Å²) in [7, 11) is 1.58. The topological polar surface area (TPSA) is 35.5 Å². The highest BCUT2D eigenvalue weighted by Gasteiger charge is 2.28. The largest absolute Gasteiger partial charge is 0.465 e. The van der Waals surface area contributed by atoms with Gasteiger partial charge in [0.1, 0.15) is 10.9 Å². The first kappa shape index (κ1) is 14.2. The highest BCUT2D eigenvalue weighted by Crippen LogP contribution is 2.27. The van der Waals surface area contributed by atoms with Crippen LogP contribution in [0, 0.1) is 6.92 Å². The number of halogens is 1. The van der Waals surface area contributed by atoms with Gasteiger partial charge in [-0.2, -0.15) is 0 Å². The second-order valence-corrected chi connectivity index (χ2v) is 4.71. The quantitative estimate of drug-likeness (QED) is 0.619. The molecule has 0 aromatic heterocycles. The maximum Gasteiger partial charge on any atom is 0.322 e. The Morgan fingerprint density at radius 1 is 1.35 bits per heavy atom. The van der Waals surface area contributed by atoms with E-state index in [2.05, 4.69) is 15.9 Å². The van der Waals surface area contributed by atoms with E-state index in [1.165, 1.54) is 5.56 Å². The molecule has 2 unspecified atom stereocenters. The van der Waals surface area contributed by atoms with Crippen LogP contribution in [0.1, 0.15) is 24.2 Å². The van der Waals surface area contributed by atoms with Crippen LogP contribution >= 0.6 is 15.9 Å². The van der Waals surface area contributed by atoms with Gasteiger partial charge in [0.25, 0.3) is 0 Å². The Bertz CT molecular complexity index is 361. The molecule has 0 aliphatic rings. The molecule has 0 aliphatic carbocycles. The van der Waals surface area contributed by atoms with Crippen LogP contribution in [-0.4, -0.2) is 24.5 Å². The number of aryl methyl sites for hydroxylation is 1. The monoisotopic (exact) mass is 300 g/mol. The van der Waals surface area contributed by atoms with Crippen LogP contribution < -0.4 is 0 Å². The van der Waals surface area contributed by atoms with Gasteiger partial charge in [-0.05, 0) is 19.4 Å². The number of rotatable bonds is 5. The van der Waals surface area contributed by atoms with E-state index in [1.807, 2.05) is 31.2 Å². The molecule has 1 aromatic rings. The number of hydrogen-bond acceptors (Lipinski definition) is 3. The fourth-order valence-electron chi connectivity index (χ4n) is 1.53. The van der Waals surface area contributed by atoms with Gasteiger partial charge in [-0.25, -0.2) is 0 Å². The molecule has 94 valence electrons. The molecule has 0 saturated carbocycles. The first-order valence-corrected chi connectivity index (χ1v) is 6.41. The summed E-state index contributed by atoms with van der Waals surface area (Å²) in [5.41, 5.74) is 2.12. The molecular formula is C13H17BrO3. The Kier molecular flexibility index (Phi) is 5.65. The minimum atomic E-state index is -0.491. The van der Waals surface area contributed by atoms with Crippen LogP contribution in [0.25, 0.3) is 0 Å². The third-order valence-electron chi connectivity index (χ3n) is 2.44. The minimum absolute atomic E-state index is 0.306. The van der Waals surface area contributed by atoms with E-state index < -0.39 is 4.83 Å². The van der Waals surface area contributed by atoms with Crippen molar-refractivity contribution < 1.29 is 14.3 Å². The molecule has 0 saturated heterocycles. The molecule has 2 atom stereocenters. The van der Waals surface area contributed by atoms with E-state index in [1.54, 1.807) is 14.0 Å². The van der Waals surface area contributed by atoms with Gasteiger partial charge in [0.05, 0.1) is 6.61 Å². The van der Waals surface area contributed by atoms with E-state index >= 15 is 0 Å². The Balaban J connectivity index is 2.83. The van der Waals surface area contributed by atoms with E-state index in [4.69, 9.17) is 9.47 Å². The van der Waals surface area contributed by atoms with E-state index in [9.17, 15) is 4.79 Å². The van der Waals surface area contributed by atoms with Gasteiger partial charge in [-0.1, -0.05) is 45.8 Å². The number of carbonyl (C=O) groups is 1. The predicted molar refractivity (Wildman–Crippen MR) is 70.3 cm³/mol. The Hall–Kier alpha value is -0.870. The van der Waals surface area contributed by atoms with Gasteiger partial charge in [-0.15, -0.1) is 0 Å². The number of carbonyl (C=O) groups excluding carboxylic acids is 1. The molecule has 1 aromatic carbocycles. The van der Waals surface area contributed by atoms with Gasteiger partial charge in [0.15, 0.2) is 0 Å². The molecule has 0 N–H and O–H groups in total. The number of benzene rings is 1. The van der Waals surface area contributed by atoms with Crippen molar-refractivity contribution in [2.75, 3.05) is 13.7 Å². The SMILES string of the molecule is CCOC(=O)C(Br)C(OC)c1ccc(C)cc1. The molecule has 0 amide bonds. The van der Waals surface area contributed by atoms with Crippen molar-refractivity contribution in [1.29, 1.82) is 0 Å². The summed E-state index contributed by atoms with van der Waals surface area (Å²) in [4.78, 5) is 11.1. The predicted octanol–water partition coefficient (Wildman–Crippen LogP) is 3.01. The average molecular weight is 301 g/mol. The number of alkyl halides is 1. The lowest BCUT2D eigenvalue weighted by Gasteiger charge is -2.20. The van der Waals surface area contributed by atoms with Crippen LogP contribution in [0.3, 0.4) is 0 Å². The molecule has 3 nitrogen and oxygen atoms in total. The highest BCUT2D eigenvalue weighted by molar-refractivity contribution is 9.10. The van der Waals surface area contributed by atoms with Crippen molar-refractivity contribution in [2.24, 2.45) is 0 Å². The summed E-state index contributed by atoms with van der Waals surface area (Å²) in [6.07, 6.45) is -0.338. The molecule has 17 heavy (non-hydrogen) atoms. The van der Waals surface area contributed by atoms with Gasteiger partial charge >= 0.3 is 5.97 Å². The number of ether oxygens (including phenoxy) is 2. The lowest BCUT2D eigenvalue weighted by molar-refractivity contribution is -0.144. The summed E-state index contributed by atoms with van der Waals surface area (Å²) in [6.45, 7) is 4.17. The molecule has 0 spiro atoms. The maximum absolute atomic E-state index is 11.6. The molecule has 0 bridgehead atoms. The lowest BCUT2D eigenvalue weighted by atomic mass is 10.0. The number of hydrogen-bond donors (Lipinski definition) is 0. The zero-order valence-corrected chi connectivity index (χ0v) is 11.9. The lowest BCUT2D eigenvalue weighted by Crippen LogP contribution is -2.26. The number of methoxy groups -OCH3 is 1. The second-order valence-electron chi connectivity index (χ2n) is 3.72. The van der Waals surface area contributed by atoms with Gasteiger partial charge in [0, 0.05) is 7.11 Å². The molecule has 0 heterocycles. The smallest absolute Gasteiger partial charge is 0.322 e. The molecular weight excluding hydrogens is 284 g/mol. The first-order valence-electron chi connectivity index (χ1n) is 5.50. The fraction of sp³-hybridized carbons (Fsp3) is 0.462. The zero-order valence-electron chi connectivity index (χ0n) is 10.3. The van der Waals surface area contributed by atoms with Crippen molar-refractivity contribution in [3.8, 4) is 0 Å². The second kappa shape index (κ2) is 6.77. The maximum atomic E-state index is 11.6. The number of esters is 1. The Labute approximate surface area is 110 Å². The van der Waals surface area contributed by atoms with Crippen molar-refractivity contribution in [3.05, 3.63) is 35.4 Å². The average Bonchev–Trinajstić information content (AvgIpc) is 2.32. The van der Waals surface area contributed by atoms with Crippen LogP contribution in [0.5, 0.6) is 0 Å². The zero-order chi connectivity index (χ0) is 12.8. The standard InChI is InChI=1S/C13H17BrO3/c1-4-17-13(15)11(14)12(16-3)10-7-5-9(2)6-8-10/h5-8,11-12H,4H2,1-3H3. The van der Waals surface area contributed by atoms with Gasteiger partial charge in [0.2, 0.25) is 0 Å². The van der Waals surface area contributed by atoms with E-state index in [0.29, 0.717) is 6.61 Å². The fourth-order valence-corrected chi connectivity index (χ4v) is 2.18. The molecule has 1 rings (SSSR count). The summed E-state index contributed by atoms with van der Waals surface area (Å²) in [5, 5.41) is 0. The summed E-state index contributed by atoms with van der Waals surface area (Å²) < 4.78 is 10.3. The van der Waals surface area contributed by atoms with Crippen LogP contribution in [0.15, 0.2) is 24.3 Å². The first-order chi connectivity index (χ1) is 8.10. The van der Waals surface area contributed by atoms with Crippen molar-refractivity contribution in [3.63, 3.8) is 0 Å². The van der Waals surface area contributed by atoms with Crippen LogP contribution in [0.4, 0.5) is 0 Å². The highest BCUT2D eigenvalue weighted by atomic mass is 79.9. The van der Waals surface area contributed by atoms with E-state index in [0.717, 1.165) is 5.56 Å². The van der Waals surface area contributed by atoms with Crippen molar-refractivity contribution >= 4 is 21.9 Å². The van der Waals surface area contributed by atoms with Crippen molar-refractivity contribution in [1.82, 2.24) is 0 Å². The molecule has 0 fully saturated rings. The summed E-state index contributed by atoms with van der Waals surface area (Å²) >= 11 is 3.33. The Morgan fingerprint density at radius 3 is 2.41 bits per heavy atom. The van der Waals surface area contributed by atoms with Crippen LogP contribution in [-0.2, 0) is 14.3 Å². The third-order valence-corrected chi connectivity index (χ3v) is 3.29. The molecule has 4 heteroatoms. The molecule has 0 radical (unpaired) electrons. The third kappa shape index (κ3) is 3.82. The minimum Gasteiger partial charge on any atom is -0.465 e. The normalized spacial score (nSPS) is 14.1. The van der Waals surface area contributed by atoms with E-state index in [-0.39, 0.29) is 12.1 Å². The van der Waals surface area contributed by atoms with Crippen LogP contribution in [0.2, 0.25) is 0 Å². The van der Waals surface area contributed by atoms with Crippen molar-refractivity contribution in [2.45, 2.75) is 24.8 Å². The molecule has 0 aliphatic heterocycles.